The van der Waals surface area contributed by atoms with Gasteiger partial charge in [0, 0.05) is 0 Å². The highest BCUT2D eigenvalue weighted by Gasteiger charge is 2.21. The van der Waals surface area contributed by atoms with Crippen molar-refractivity contribution >= 4 is 64.6 Å². The van der Waals surface area contributed by atoms with Gasteiger partial charge in [0.25, 0.3) is 0 Å². The fourth-order valence-corrected chi connectivity index (χ4v) is 9.13. The zero-order valence-electron chi connectivity index (χ0n) is 29.6. The predicted octanol–water partition coefficient (Wildman–Crippen LogP) is 15.3. The fraction of sp³-hybridized carbons (Fsp3) is 0. The highest BCUT2D eigenvalue weighted by molar-refractivity contribution is 6.25. The molecule has 0 amide bonds. The average molecular weight is 683 g/mol. The van der Waals surface area contributed by atoms with Gasteiger partial charge in [-0.25, -0.2) is 0 Å². The third-order valence-corrected chi connectivity index (χ3v) is 11.4. The first-order chi connectivity index (χ1) is 26.8. The second kappa shape index (κ2) is 12.3. The Morgan fingerprint density at radius 1 is 0.167 bits per heavy atom. The van der Waals surface area contributed by atoms with Crippen molar-refractivity contribution in [3.63, 3.8) is 0 Å². The molecule has 11 aromatic carbocycles. The third-order valence-electron chi connectivity index (χ3n) is 11.4. The van der Waals surface area contributed by atoms with Gasteiger partial charge in [-0.2, -0.15) is 0 Å². The molecule has 0 heterocycles. The van der Waals surface area contributed by atoms with Gasteiger partial charge < -0.3 is 0 Å². The lowest BCUT2D eigenvalue weighted by Gasteiger charge is -2.21. The van der Waals surface area contributed by atoms with Crippen LogP contribution < -0.4 is 0 Å². The SMILES string of the molecule is c1ccc2c(-c3c(-c4ccc(-c5c(-c6cccc7ccccc67)c6ccccc6c6ccccc56)cc4)c4ccccc4c4ccccc34)cccc2c1. The summed E-state index contributed by atoms with van der Waals surface area (Å²) in [5.74, 6) is 0. The van der Waals surface area contributed by atoms with Gasteiger partial charge in [-0.05, 0) is 109 Å². The van der Waals surface area contributed by atoms with Crippen LogP contribution in [-0.4, -0.2) is 0 Å². The lowest BCUT2D eigenvalue weighted by atomic mass is 9.82. The summed E-state index contributed by atoms with van der Waals surface area (Å²) in [5.41, 5.74) is 10.0. The van der Waals surface area contributed by atoms with Gasteiger partial charge in [0.15, 0.2) is 0 Å². The minimum atomic E-state index is 1.21. The van der Waals surface area contributed by atoms with E-state index >= 15 is 0 Å². The summed E-state index contributed by atoms with van der Waals surface area (Å²) in [6.45, 7) is 0. The van der Waals surface area contributed by atoms with Crippen LogP contribution in [0.25, 0.3) is 109 Å². The first-order valence-corrected chi connectivity index (χ1v) is 18.8. The molecule has 250 valence electrons. The van der Waals surface area contributed by atoms with E-state index in [0.717, 1.165) is 0 Å². The summed E-state index contributed by atoms with van der Waals surface area (Å²) in [4.78, 5) is 0. The van der Waals surface area contributed by atoms with Crippen LogP contribution in [0, 0.1) is 0 Å². The largest absolute Gasteiger partial charge is 0.0616 e. The molecule has 0 nitrogen and oxygen atoms in total. The second-order valence-corrected chi connectivity index (χ2v) is 14.3. The van der Waals surface area contributed by atoms with Crippen LogP contribution in [0.2, 0.25) is 0 Å². The maximum atomic E-state index is 2.36. The Kier molecular flexibility index (Phi) is 6.97. The van der Waals surface area contributed by atoms with E-state index in [2.05, 4.69) is 206 Å². The summed E-state index contributed by atoms with van der Waals surface area (Å²) in [5, 5.41) is 15.2. The minimum Gasteiger partial charge on any atom is -0.0616 e. The molecular formula is C54H34. The Hall–Kier alpha value is -7.02. The number of hydrogen-bond acceptors (Lipinski definition) is 0. The van der Waals surface area contributed by atoms with E-state index in [1.54, 1.807) is 0 Å². The van der Waals surface area contributed by atoms with Gasteiger partial charge in [-0.3, -0.25) is 0 Å². The molecule has 0 unspecified atom stereocenters. The maximum Gasteiger partial charge on any atom is -0.00141 e. The van der Waals surface area contributed by atoms with Gasteiger partial charge in [0.05, 0.1) is 0 Å². The molecule has 0 aliphatic heterocycles. The fourth-order valence-electron chi connectivity index (χ4n) is 9.13. The molecule has 0 aromatic heterocycles. The standard InChI is InChI=1S/C54H34/c1-3-19-39-35(15-1)17-13-29-45(39)53-49-27-11-7-23-43(49)41-21-5-9-25-47(41)51(53)37-31-33-38(34-32-37)52-48-26-10-6-22-42(48)44-24-8-12-28-50(44)54(52)46-30-14-18-36-16-2-4-20-40(36)46/h1-34H. The lowest BCUT2D eigenvalue weighted by molar-refractivity contribution is 1.62. The molecule has 0 spiro atoms. The third kappa shape index (κ3) is 4.64. The topological polar surface area (TPSA) is 0 Å². The Morgan fingerprint density at radius 2 is 0.426 bits per heavy atom. The minimum absolute atomic E-state index is 1.21. The number of benzene rings is 11. The molecule has 0 heteroatoms. The predicted molar refractivity (Wildman–Crippen MR) is 233 cm³/mol. The molecule has 0 aliphatic rings. The Labute approximate surface area is 314 Å². The van der Waals surface area contributed by atoms with Crippen LogP contribution in [-0.2, 0) is 0 Å². The Bertz CT molecular complexity index is 3020. The molecule has 0 saturated carbocycles. The first kappa shape index (κ1) is 30.6. The van der Waals surface area contributed by atoms with E-state index < -0.39 is 0 Å². The van der Waals surface area contributed by atoms with Gasteiger partial charge in [-0.1, -0.05) is 206 Å². The maximum absolute atomic E-state index is 2.36. The highest BCUT2D eigenvalue weighted by atomic mass is 14.2. The van der Waals surface area contributed by atoms with E-state index in [-0.39, 0.29) is 0 Å². The van der Waals surface area contributed by atoms with Gasteiger partial charge in [-0.15, -0.1) is 0 Å². The first-order valence-electron chi connectivity index (χ1n) is 18.8. The monoisotopic (exact) mass is 682 g/mol. The quantitative estimate of drug-likeness (QED) is 0.162. The van der Waals surface area contributed by atoms with Crippen LogP contribution in [0.3, 0.4) is 0 Å². The smallest absolute Gasteiger partial charge is 0.00141 e. The van der Waals surface area contributed by atoms with Gasteiger partial charge in [0.1, 0.15) is 0 Å². The average Bonchev–Trinajstić information content (AvgIpc) is 3.25. The zero-order chi connectivity index (χ0) is 35.6. The summed E-state index contributed by atoms with van der Waals surface area (Å²) in [7, 11) is 0. The zero-order valence-corrected chi connectivity index (χ0v) is 29.6. The van der Waals surface area contributed by atoms with Crippen molar-refractivity contribution in [1.29, 1.82) is 0 Å². The van der Waals surface area contributed by atoms with E-state index in [4.69, 9.17) is 0 Å². The molecule has 11 rings (SSSR count). The van der Waals surface area contributed by atoms with Crippen molar-refractivity contribution in [2.24, 2.45) is 0 Å². The van der Waals surface area contributed by atoms with Gasteiger partial charge in [0.2, 0.25) is 0 Å². The van der Waals surface area contributed by atoms with Crippen molar-refractivity contribution in [3.05, 3.63) is 206 Å². The molecule has 0 aliphatic carbocycles. The van der Waals surface area contributed by atoms with E-state index in [0.29, 0.717) is 0 Å². The van der Waals surface area contributed by atoms with Crippen LogP contribution in [0.1, 0.15) is 0 Å². The van der Waals surface area contributed by atoms with Crippen molar-refractivity contribution in [3.8, 4) is 44.5 Å². The highest BCUT2D eigenvalue weighted by Crippen LogP contribution is 2.49. The second-order valence-electron chi connectivity index (χ2n) is 14.3. The molecule has 0 saturated heterocycles. The summed E-state index contributed by atoms with van der Waals surface area (Å²) in [6, 6.07) is 76.1. The van der Waals surface area contributed by atoms with Crippen LogP contribution in [0.5, 0.6) is 0 Å². The van der Waals surface area contributed by atoms with E-state index in [1.165, 1.54) is 109 Å². The number of hydrogen-bond donors (Lipinski definition) is 0. The van der Waals surface area contributed by atoms with Crippen molar-refractivity contribution < 1.29 is 0 Å². The Balaban J connectivity index is 1.22. The van der Waals surface area contributed by atoms with E-state index in [1.807, 2.05) is 0 Å². The molecule has 0 bridgehead atoms. The van der Waals surface area contributed by atoms with Crippen molar-refractivity contribution in [1.82, 2.24) is 0 Å². The van der Waals surface area contributed by atoms with Crippen molar-refractivity contribution in [2.75, 3.05) is 0 Å². The number of rotatable bonds is 4. The van der Waals surface area contributed by atoms with Crippen LogP contribution in [0.15, 0.2) is 206 Å². The molecule has 54 heavy (non-hydrogen) atoms. The normalized spacial score (nSPS) is 11.7. The molecule has 0 N–H and O–H groups in total. The summed E-state index contributed by atoms with van der Waals surface area (Å²) in [6.07, 6.45) is 0. The Morgan fingerprint density at radius 3 is 0.778 bits per heavy atom. The van der Waals surface area contributed by atoms with Crippen LogP contribution >= 0.6 is 0 Å². The van der Waals surface area contributed by atoms with Crippen LogP contribution in [0.4, 0.5) is 0 Å². The van der Waals surface area contributed by atoms with Gasteiger partial charge >= 0.3 is 0 Å². The molecule has 0 radical (unpaired) electrons. The summed E-state index contributed by atoms with van der Waals surface area (Å²) < 4.78 is 0. The summed E-state index contributed by atoms with van der Waals surface area (Å²) >= 11 is 0. The molecule has 0 atom stereocenters. The van der Waals surface area contributed by atoms with E-state index in [9.17, 15) is 0 Å². The molecular weight excluding hydrogens is 649 g/mol. The van der Waals surface area contributed by atoms with Crippen molar-refractivity contribution in [2.45, 2.75) is 0 Å². The lowest BCUT2D eigenvalue weighted by Crippen LogP contribution is -1.94. The molecule has 11 aromatic rings. The molecule has 0 fully saturated rings. The number of fused-ring (bicyclic) bond motifs is 8.